The lowest BCUT2D eigenvalue weighted by atomic mass is 9.83. The number of rotatable bonds is 7. The zero-order valence-corrected chi connectivity index (χ0v) is 14.1. The van der Waals surface area contributed by atoms with Crippen molar-refractivity contribution in [3.05, 3.63) is 17.5 Å². The first-order valence-electron chi connectivity index (χ1n) is 7.98. The minimum Gasteiger partial charge on any atom is -0.393 e. The predicted molar refractivity (Wildman–Crippen MR) is 84.8 cm³/mol. The van der Waals surface area contributed by atoms with Gasteiger partial charge in [-0.15, -0.1) is 0 Å². The molecule has 0 aliphatic heterocycles. The Kier molecular flexibility index (Phi) is 6.25. The maximum Gasteiger partial charge on any atom is 0.0624 e. The summed E-state index contributed by atoms with van der Waals surface area (Å²) in [5, 5.41) is 14.9. The average Bonchev–Trinajstić information content (AvgIpc) is 2.68. The summed E-state index contributed by atoms with van der Waals surface area (Å²) in [5.41, 5.74) is 2.62. The lowest BCUT2D eigenvalue weighted by molar-refractivity contribution is 0.130. The van der Waals surface area contributed by atoms with Gasteiger partial charge in [-0.05, 0) is 43.6 Å². The van der Waals surface area contributed by atoms with Crippen molar-refractivity contribution in [2.75, 3.05) is 0 Å². The monoisotopic (exact) mass is 280 g/mol. The lowest BCUT2D eigenvalue weighted by Gasteiger charge is -2.25. The summed E-state index contributed by atoms with van der Waals surface area (Å²) in [6.07, 6.45) is 3.43. The molecule has 3 heteroatoms. The molecule has 0 bridgehead atoms. The van der Waals surface area contributed by atoms with Crippen molar-refractivity contribution in [2.24, 2.45) is 11.3 Å². The molecule has 1 heterocycles. The molecule has 2 atom stereocenters. The molecule has 20 heavy (non-hydrogen) atoms. The third kappa shape index (κ3) is 5.66. The molecular formula is C17H32N2O. The zero-order chi connectivity index (χ0) is 15.3. The second-order valence-corrected chi connectivity index (χ2v) is 7.26. The molecule has 1 N–H and O–H groups in total. The molecule has 1 aromatic rings. The number of aliphatic hydroxyl groups excluding tert-OH is 1. The molecule has 0 aliphatic rings. The van der Waals surface area contributed by atoms with Gasteiger partial charge in [0, 0.05) is 18.7 Å². The topological polar surface area (TPSA) is 38.0 Å². The van der Waals surface area contributed by atoms with Crippen molar-refractivity contribution in [3.63, 3.8) is 0 Å². The van der Waals surface area contributed by atoms with Gasteiger partial charge in [0.15, 0.2) is 0 Å². The standard InChI is InChI=1S/C17H32N2O/c1-7-14-10-15(19(8-2)18-14)11-16(20)9-13(3)12-17(4,5)6/h10,13,16,20H,7-9,11-12H2,1-6H3. The van der Waals surface area contributed by atoms with Gasteiger partial charge in [0.25, 0.3) is 0 Å². The highest BCUT2D eigenvalue weighted by Gasteiger charge is 2.19. The van der Waals surface area contributed by atoms with E-state index in [0.717, 1.165) is 37.9 Å². The number of hydrogen-bond acceptors (Lipinski definition) is 2. The van der Waals surface area contributed by atoms with Crippen LogP contribution in [0.5, 0.6) is 0 Å². The second-order valence-electron chi connectivity index (χ2n) is 7.26. The third-order valence-electron chi connectivity index (χ3n) is 3.66. The summed E-state index contributed by atoms with van der Waals surface area (Å²) in [6.45, 7) is 14.1. The highest BCUT2D eigenvalue weighted by Crippen LogP contribution is 2.27. The summed E-state index contributed by atoms with van der Waals surface area (Å²) >= 11 is 0. The molecular weight excluding hydrogens is 248 g/mol. The van der Waals surface area contributed by atoms with E-state index >= 15 is 0 Å². The van der Waals surface area contributed by atoms with Gasteiger partial charge in [0.2, 0.25) is 0 Å². The summed E-state index contributed by atoms with van der Waals surface area (Å²) in [5.74, 6) is 0.550. The predicted octanol–water partition coefficient (Wildman–Crippen LogP) is 3.83. The lowest BCUT2D eigenvalue weighted by Crippen LogP contribution is -2.20. The van der Waals surface area contributed by atoms with Gasteiger partial charge in [-0.1, -0.05) is 34.6 Å². The molecule has 1 rings (SSSR count). The van der Waals surface area contributed by atoms with Crippen molar-refractivity contribution in [2.45, 2.75) is 79.9 Å². The van der Waals surface area contributed by atoms with Crippen molar-refractivity contribution >= 4 is 0 Å². The fourth-order valence-electron chi connectivity index (χ4n) is 3.04. The van der Waals surface area contributed by atoms with Gasteiger partial charge < -0.3 is 5.11 Å². The van der Waals surface area contributed by atoms with Crippen LogP contribution < -0.4 is 0 Å². The maximum atomic E-state index is 10.3. The normalized spacial score (nSPS) is 15.3. The van der Waals surface area contributed by atoms with Gasteiger partial charge in [-0.25, -0.2) is 0 Å². The van der Waals surface area contributed by atoms with Crippen LogP contribution in [0.4, 0.5) is 0 Å². The first-order chi connectivity index (χ1) is 9.25. The van der Waals surface area contributed by atoms with Gasteiger partial charge in [-0.2, -0.15) is 5.10 Å². The number of aliphatic hydroxyl groups is 1. The zero-order valence-electron chi connectivity index (χ0n) is 14.1. The average molecular weight is 280 g/mol. The van der Waals surface area contributed by atoms with E-state index < -0.39 is 0 Å². The summed E-state index contributed by atoms with van der Waals surface area (Å²) < 4.78 is 2.02. The first-order valence-corrected chi connectivity index (χ1v) is 7.98. The van der Waals surface area contributed by atoms with Crippen LogP contribution in [0.1, 0.15) is 65.8 Å². The molecule has 0 spiro atoms. The quantitative estimate of drug-likeness (QED) is 0.824. The molecule has 116 valence electrons. The summed E-state index contributed by atoms with van der Waals surface area (Å²) in [4.78, 5) is 0. The highest BCUT2D eigenvalue weighted by molar-refractivity contribution is 5.11. The van der Waals surface area contributed by atoms with Crippen LogP contribution in [0.15, 0.2) is 6.07 Å². The Hall–Kier alpha value is -0.830. The van der Waals surface area contributed by atoms with E-state index in [1.54, 1.807) is 0 Å². The Balaban J connectivity index is 2.57. The van der Waals surface area contributed by atoms with Crippen LogP contribution in [-0.4, -0.2) is 21.0 Å². The number of nitrogens with zero attached hydrogens (tertiary/aromatic N) is 2. The van der Waals surface area contributed by atoms with Gasteiger partial charge in [0.1, 0.15) is 0 Å². The molecule has 1 aromatic heterocycles. The molecule has 3 nitrogen and oxygen atoms in total. The molecule has 0 saturated heterocycles. The van der Waals surface area contributed by atoms with Crippen LogP contribution in [-0.2, 0) is 19.4 Å². The van der Waals surface area contributed by atoms with E-state index in [1.807, 2.05) is 4.68 Å². The highest BCUT2D eigenvalue weighted by atomic mass is 16.3. The number of aryl methyl sites for hydroxylation is 2. The van der Waals surface area contributed by atoms with Gasteiger partial charge >= 0.3 is 0 Å². The molecule has 0 radical (unpaired) electrons. The maximum absolute atomic E-state index is 10.3. The largest absolute Gasteiger partial charge is 0.393 e. The van der Waals surface area contributed by atoms with E-state index in [4.69, 9.17) is 0 Å². The fraction of sp³-hybridized carbons (Fsp3) is 0.824. The van der Waals surface area contributed by atoms with E-state index in [0.29, 0.717) is 11.3 Å². The van der Waals surface area contributed by atoms with Crippen molar-refractivity contribution in [1.29, 1.82) is 0 Å². The molecule has 0 aromatic carbocycles. The Morgan fingerprint density at radius 3 is 2.45 bits per heavy atom. The molecule has 0 saturated carbocycles. The van der Waals surface area contributed by atoms with Gasteiger partial charge in [-0.3, -0.25) is 4.68 Å². The number of aromatic nitrogens is 2. The van der Waals surface area contributed by atoms with E-state index in [-0.39, 0.29) is 6.10 Å². The van der Waals surface area contributed by atoms with Crippen LogP contribution >= 0.6 is 0 Å². The van der Waals surface area contributed by atoms with Crippen molar-refractivity contribution in [3.8, 4) is 0 Å². The first kappa shape index (κ1) is 17.2. The molecule has 0 fully saturated rings. The molecule has 0 aliphatic carbocycles. The van der Waals surface area contributed by atoms with E-state index in [1.165, 1.54) is 5.69 Å². The van der Waals surface area contributed by atoms with E-state index in [2.05, 4.69) is 52.7 Å². The Bertz CT molecular complexity index is 404. The fourth-order valence-corrected chi connectivity index (χ4v) is 3.04. The van der Waals surface area contributed by atoms with Crippen molar-refractivity contribution in [1.82, 2.24) is 9.78 Å². The third-order valence-corrected chi connectivity index (χ3v) is 3.66. The minimum atomic E-state index is -0.265. The number of hydrogen-bond donors (Lipinski definition) is 1. The van der Waals surface area contributed by atoms with Crippen LogP contribution in [0.25, 0.3) is 0 Å². The Morgan fingerprint density at radius 2 is 1.95 bits per heavy atom. The van der Waals surface area contributed by atoms with Crippen LogP contribution in [0.3, 0.4) is 0 Å². The Labute approximate surface area is 124 Å². The smallest absolute Gasteiger partial charge is 0.0624 e. The summed E-state index contributed by atoms with van der Waals surface area (Å²) in [6, 6.07) is 2.14. The molecule has 0 amide bonds. The molecule has 2 unspecified atom stereocenters. The van der Waals surface area contributed by atoms with Crippen molar-refractivity contribution < 1.29 is 5.11 Å². The SMILES string of the molecule is CCc1cc(CC(O)CC(C)CC(C)(C)C)n(CC)n1. The second kappa shape index (κ2) is 7.26. The van der Waals surface area contributed by atoms with E-state index in [9.17, 15) is 5.11 Å². The Morgan fingerprint density at radius 1 is 1.30 bits per heavy atom. The van der Waals surface area contributed by atoms with Crippen LogP contribution in [0, 0.1) is 11.3 Å². The minimum absolute atomic E-state index is 0.265. The van der Waals surface area contributed by atoms with Crippen LogP contribution in [0.2, 0.25) is 0 Å². The summed E-state index contributed by atoms with van der Waals surface area (Å²) in [7, 11) is 0. The van der Waals surface area contributed by atoms with Gasteiger partial charge in [0.05, 0.1) is 11.8 Å².